The number of halogens is 1. The molecule has 0 aliphatic heterocycles. The van der Waals surface area contributed by atoms with E-state index in [1.165, 1.54) is 24.3 Å². The van der Waals surface area contributed by atoms with E-state index in [1.54, 1.807) is 11.7 Å². The fraction of sp³-hybridized carbons (Fsp3) is 0.333. The number of aryl methyl sites for hydroxylation is 2. The molecule has 0 saturated heterocycles. The number of carboxylic acid groups (broad SMARTS) is 1. The minimum absolute atomic E-state index is 0.0851. The van der Waals surface area contributed by atoms with Crippen molar-refractivity contribution in [2.75, 3.05) is 6.54 Å². The standard InChI is InChI=1S/C15H18FN3O2/c1-10-7-13(19(2)18-10)8-15(9-17,14(20)21)11-3-5-12(16)6-4-11/h3-7H,8-9,17H2,1-2H3,(H,20,21). The van der Waals surface area contributed by atoms with Gasteiger partial charge in [-0.15, -0.1) is 0 Å². The Kier molecular flexibility index (Phi) is 4.09. The van der Waals surface area contributed by atoms with Crippen molar-refractivity contribution in [2.45, 2.75) is 18.8 Å². The van der Waals surface area contributed by atoms with Gasteiger partial charge in [-0.1, -0.05) is 12.1 Å². The highest BCUT2D eigenvalue weighted by molar-refractivity contribution is 5.82. The molecule has 0 aliphatic rings. The zero-order valence-electron chi connectivity index (χ0n) is 12.0. The van der Waals surface area contributed by atoms with Gasteiger partial charge in [0.25, 0.3) is 0 Å². The first kappa shape index (κ1) is 15.2. The number of carbonyl (C=O) groups is 1. The summed E-state index contributed by atoms with van der Waals surface area (Å²) in [5.74, 6) is -1.44. The first-order valence-electron chi connectivity index (χ1n) is 6.58. The first-order chi connectivity index (χ1) is 9.89. The summed E-state index contributed by atoms with van der Waals surface area (Å²) in [5.41, 5.74) is 6.54. The average Bonchev–Trinajstić information content (AvgIpc) is 2.74. The third kappa shape index (κ3) is 2.80. The summed E-state index contributed by atoms with van der Waals surface area (Å²) in [4.78, 5) is 11.9. The van der Waals surface area contributed by atoms with Crippen molar-refractivity contribution < 1.29 is 14.3 Å². The Labute approximate surface area is 122 Å². The number of hydrogen-bond donors (Lipinski definition) is 2. The number of nitrogens with zero attached hydrogens (tertiary/aromatic N) is 2. The van der Waals surface area contributed by atoms with E-state index >= 15 is 0 Å². The maximum atomic E-state index is 13.1. The van der Waals surface area contributed by atoms with Crippen LogP contribution in [0.15, 0.2) is 30.3 Å². The quantitative estimate of drug-likeness (QED) is 0.872. The summed E-state index contributed by atoms with van der Waals surface area (Å²) in [5, 5.41) is 13.9. The van der Waals surface area contributed by atoms with Crippen LogP contribution < -0.4 is 5.73 Å². The molecule has 1 heterocycles. The molecule has 1 unspecified atom stereocenters. The average molecular weight is 291 g/mol. The van der Waals surface area contributed by atoms with Gasteiger partial charge < -0.3 is 10.8 Å². The van der Waals surface area contributed by atoms with Crippen LogP contribution >= 0.6 is 0 Å². The lowest BCUT2D eigenvalue weighted by atomic mass is 9.76. The van der Waals surface area contributed by atoms with Gasteiger partial charge in [0.1, 0.15) is 11.2 Å². The van der Waals surface area contributed by atoms with Gasteiger partial charge in [0.15, 0.2) is 0 Å². The Hall–Kier alpha value is -2.21. The Balaban J connectivity index is 2.49. The van der Waals surface area contributed by atoms with Crippen LogP contribution in [0.1, 0.15) is 17.0 Å². The Morgan fingerprint density at radius 1 is 1.43 bits per heavy atom. The molecule has 6 heteroatoms. The van der Waals surface area contributed by atoms with Crippen molar-refractivity contribution >= 4 is 5.97 Å². The van der Waals surface area contributed by atoms with Crippen molar-refractivity contribution in [1.82, 2.24) is 9.78 Å². The van der Waals surface area contributed by atoms with E-state index in [9.17, 15) is 14.3 Å². The minimum Gasteiger partial charge on any atom is -0.481 e. The predicted molar refractivity (Wildman–Crippen MR) is 76.4 cm³/mol. The highest BCUT2D eigenvalue weighted by Crippen LogP contribution is 2.28. The zero-order valence-corrected chi connectivity index (χ0v) is 12.0. The minimum atomic E-state index is -1.30. The number of hydrogen-bond acceptors (Lipinski definition) is 3. The summed E-state index contributed by atoms with van der Waals surface area (Å²) >= 11 is 0. The second kappa shape index (κ2) is 5.65. The highest BCUT2D eigenvalue weighted by Gasteiger charge is 2.40. The van der Waals surface area contributed by atoms with E-state index in [0.29, 0.717) is 5.56 Å². The van der Waals surface area contributed by atoms with Gasteiger partial charge in [-0.05, 0) is 30.7 Å². The number of aliphatic carboxylic acids is 1. The maximum absolute atomic E-state index is 13.1. The SMILES string of the molecule is Cc1cc(CC(CN)(C(=O)O)c2ccc(F)cc2)n(C)n1. The maximum Gasteiger partial charge on any atom is 0.315 e. The largest absolute Gasteiger partial charge is 0.481 e. The van der Waals surface area contributed by atoms with E-state index in [-0.39, 0.29) is 13.0 Å². The summed E-state index contributed by atoms with van der Waals surface area (Å²) in [6.07, 6.45) is 0.196. The Bertz CT molecular complexity index is 651. The van der Waals surface area contributed by atoms with Gasteiger partial charge in [-0.25, -0.2) is 4.39 Å². The molecule has 21 heavy (non-hydrogen) atoms. The van der Waals surface area contributed by atoms with Crippen LogP contribution in [0, 0.1) is 12.7 Å². The fourth-order valence-electron chi connectivity index (χ4n) is 2.49. The lowest BCUT2D eigenvalue weighted by Crippen LogP contribution is -2.45. The molecule has 0 bridgehead atoms. The molecule has 3 N–H and O–H groups in total. The van der Waals surface area contributed by atoms with Crippen LogP contribution in [0.25, 0.3) is 0 Å². The summed E-state index contributed by atoms with van der Waals surface area (Å²) in [6, 6.07) is 7.27. The molecule has 0 aliphatic carbocycles. The van der Waals surface area contributed by atoms with Crippen LogP contribution in [0.5, 0.6) is 0 Å². The third-order valence-corrected chi connectivity index (χ3v) is 3.74. The van der Waals surface area contributed by atoms with Gasteiger partial charge in [-0.3, -0.25) is 9.48 Å². The van der Waals surface area contributed by atoms with Crippen LogP contribution in [-0.2, 0) is 23.7 Å². The molecule has 2 aromatic rings. The van der Waals surface area contributed by atoms with Gasteiger partial charge >= 0.3 is 5.97 Å². The van der Waals surface area contributed by atoms with E-state index in [1.807, 2.05) is 13.0 Å². The van der Waals surface area contributed by atoms with Crippen molar-refractivity contribution in [3.63, 3.8) is 0 Å². The van der Waals surface area contributed by atoms with E-state index < -0.39 is 17.2 Å². The topological polar surface area (TPSA) is 81.1 Å². The summed E-state index contributed by atoms with van der Waals surface area (Å²) in [7, 11) is 1.76. The summed E-state index contributed by atoms with van der Waals surface area (Å²) in [6.45, 7) is 1.75. The van der Waals surface area contributed by atoms with Crippen LogP contribution in [0.3, 0.4) is 0 Å². The molecule has 112 valence electrons. The fourth-order valence-corrected chi connectivity index (χ4v) is 2.49. The second-order valence-electron chi connectivity index (χ2n) is 5.18. The molecule has 1 atom stereocenters. The molecule has 0 amide bonds. The molecule has 5 nitrogen and oxygen atoms in total. The molecule has 1 aromatic heterocycles. The molecular formula is C15H18FN3O2. The normalized spacial score (nSPS) is 13.9. The molecule has 0 spiro atoms. The Morgan fingerprint density at radius 2 is 2.05 bits per heavy atom. The number of rotatable bonds is 5. The molecule has 0 saturated carbocycles. The van der Waals surface area contributed by atoms with Crippen LogP contribution in [0.4, 0.5) is 4.39 Å². The number of aromatic nitrogens is 2. The smallest absolute Gasteiger partial charge is 0.315 e. The van der Waals surface area contributed by atoms with Gasteiger partial charge in [-0.2, -0.15) is 5.10 Å². The first-order valence-corrected chi connectivity index (χ1v) is 6.58. The molecule has 1 aromatic carbocycles. The second-order valence-corrected chi connectivity index (χ2v) is 5.18. The molecule has 2 rings (SSSR count). The van der Waals surface area contributed by atoms with Gasteiger partial charge in [0.05, 0.1) is 5.69 Å². The van der Waals surface area contributed by atoms with Crippen molar-refractivity contribution in [1.29, 1.82) is 0 Å². The summed E-state index contributed by atoms with van der Waals surface area (Å²) < 4.78 is 14.7. The van der Waals surface area contributed by atoms with Crippen LogP contribution in [-0.4, -0.2) is 27.4 Å². The molecular weight excluding hydrogens is 273 g/mol. The number of benzene rings is 1. The monoisotopic (exact) mass is 291 g/mol. The van der Waals surface area contributed by atoms with Crippen molar-refractivity contribution in [2.24, 2.45) is 12.8 Å². The van der Waals surface area contributed by atoms with Gasteiger partial charge in [0, 0.05) is 25.7 Å². The molecule has 0 radical (unpaired) electrons. The lowest BCUT2D eigenvalue weighted by molar-refractivity contribution is -0.143. The predicted octanol–water partition coefficient (Wildman–Crippen LogP) is 1.39. The molecule has 0 fully saturated rings. The lowest BCUT2D eigenvalue weighted by Gasteiger charge is -2.28. The van der Waals surface area contributed by atoms with Crippen molar-refractivity contribution in [3.05, 3.63) is 53.1 Å². The van der Waals surface area contributed by atoms with E-state index in [2.05, 4.69) is 5.10 Å². The van der Waals surface area contributed by atoms with Crippen molar-refractivity contribution in [3.8, 4) is 0 Å². The van der Waals surface area contributed by atoms with E-state index in [0.717, 1.165) is 11.4 Å². The van der Waals surface area contributed by atoms with Crippen LogP contribution in [0.2, 0.25) is 0 Å². The third-order valence-electron chi connectivity index (χ3n) is 3.74. The highest BCUT2D eigenvalue weighted by atomic mass is 19.1. The number of nitrogens with two attached hydrogens (primary N) is 1. The Morgan fingerprint density at radius 3 is 2.48 bits per heavy atom. The zero-order chi connectivity index (χ0) is 15.6. The number of carboxylic acids is 1. The van der Waals surface area contributed by atoms with E-state index in [4.69, 9.17) is 5.73 Å². The van der Waals surface area contributed by atoms with Gasteiger partial charge in [0.2, 0.25) is 0 Å².